The van der Waals surface area contributed by atoms with Crippen molar-refractivity contribution < 1.29 is 18.5 Å². The standard InChI is InChI=1S/C26H21ClFN3O4S/c27-19-12-10-16(14-22(19)31(33)34)23-13-11-18(35-23)15-24-25(32)30(17-6-2-1-3-7-17)26(36-24)29-21-9-5-4-8-20(21)28/h4-5,8-15,17H,1-3,6-7H2/b24-15-,29-26?. The zero-order chi connectivity index (χ0) is 25.2. The van der Waals surface area contributed by atoms with E-state index >= 15 is 0 Å². The number of halogens is 2. The van der Waals surface area contributed by atoms with Crippen LogP contribution in [0.1, 0.15) is 37.9 Å². The van der Waals surface area contributed by atoms with Gasteiger partial charge in [-0.3, -0.25) is 19.8 Å². The molecule has 0 bridgehead atoms. The molecule has 5 rings (SSSR count). The van der Waals surface area contributed by atoms with E-state index in [1.165, 1.54) is 30.0 Å². The lowest BCUT2D eigenvalue weighted by molar-refractivity contribution is -0.384. The zero-order valence-corrected chi connectivity index (χ0v) is 20.6. The Morgan fingerprint density at radius 3 is 2.67 bits per heavy atom. The van der Waals surface area contributed by atoms with Gasteiger partial charge in [0.2, 0.25) is 0 Å². The first-order chi connectivity index (χ1) is 17.4. The van der Waals surface area contributed by atoms with Gasteiger partial charge in [-0.05, 0) is 61.0 Å². The fraction of sp³-hybridized carbons (Fsp3) is 0.231. The minimum absolute atomic E-state index is 0.0111. The number of rotatable bonds is 5. The Morgan fingerprint density at radius 2 is 1.92 bits per heavy atom. The van der Waals surface area contributed by atoms with Gasteiger partial charge in [-0.2, -0.15) is 0 Å². The third kappa shape index (κ3) is 4.94. The van der Waals surface area contributed by atoms with E-state index in [4.69, 9.17) is 16.0 Å². The molecule has 184 valence electrons. The van der Waals surface area contributed by atoms with Gasteiger partial charge in [0.05, 0.1) is 9.83 Å². The molecule has 1 aliphatic carbocycles. The Morgan fingerprint density at radius 1 is 1.14 bits per heavy atom. The Kier molecular flexibility index (Phi) is 6.93. The summed E-state index contributed by atoms with van der Waals surface area (Å²) in [4.78, 5) is 30.7. The van der Waals surface area contributed by atoms with Crippen LogP contribution < -0.4 is 0 Å². The van der Waals surface area contributed by atoms with Crippen LogP contribution in [0.3, 0.4) is 0 Å². The lowest BCUT2D eigenvalue weighted by atomic mass is 9.94. The van der Waals surface area contributed by atoms with E-state index in [1.807, 2.05) is 0 Å². The number of hydrogen-bond acceptors (Lipinski definition) is 6. The molecule has 1 aliphatic heterocycles. The summed E-state index contributed by atoms with van der Waals surface area (Å²) in [6.07, 6.45) is 6.55. The SMILES string of the molecule is O=C1/C(=C/c2ccc(-c3ccc(Cl)c([N+](=O)[O-])c3)o2)SC(=Nc2ccccc2F)N1C1CCCCC1. The van der Waals surface area contributed by atoms with Crippen LogP contribution in [0, 0.1) is 15.9 Å². The number of furan rings is 1. The highest BCUT2D eigenvalue weighted by Crippen LogP contribution is 2.39. The normalized spacial score (nSPS) is 18.9. The molecule has 10 heteroatoms. The summed E-state index contributed by atoms with van der Waals surface area (Å²) in [5, 5.41) is 11.7. The summed E-state index contributed by atoms with van der Waals surface area (Å²) in [7, 11) is 0. The maximum atomic E-state index is 14.3. The lowest BCUT2D eigenvalue weighted by Crippen LogP contribution is -2.40. The summed E-state index contributed by atoms with van der Waals surface area (Å²) in [5.74, 6) is 0.171. The van der Waals surface area contributed by atoms with Gasteiger partial charge in [0.1, 0.15) is 28.0 Å². The Hall–Kier alpha value is -3.43. The first-order valence-electron chi connectivity index (χ1n) is 11.5. The Bertz CT molecular complexity index is 1400. The second-order valence-corrected chi connectivity index (χ2v) is 9.97. The number of benzene rings is 2. The summed E-state index contributed by atoms with van der Waals surface area (Å²) in [5.41, 5.74) is 0.454. The van der Waals surface area contributed by atoms with E-state index in [0.717, 1.165) is 32.1 Å². The van der Waals surface area contributed by atoms with Crippen LogP contribution in [0.25, 0.3) is 17.4 Å². The van der Waals surface area contributed by atoms with Crippen molar-refractivity contribution in [2.24, 2.45) is 4.99 Å². The molecule has 36 heavy (non-hydrogen) atoms. The quantitative estimate of drug-likeness (QED) is 0.194. The fourth-order valence-electron chi connectivity index (χ4n) is 4.39. The van der Waals surface area contributed by atoms with Crippen molar-refractivity contribution in [3.63, 3.8) is 0 Å². The van der Waals surface area contributed by atoms with E-state index in [-0.39, 0.29) is 28.3 Å². The van der Waals surface area contributed by atoms with E-state index in [2.05, 4.69) is 4.99 Å². The van der Waals surface area contributed by atoms with Gasteiger partial charge in [-0.15, -0.1) is 0 Å². The molecule has 1 aromatic heterocycles. The van der Waals surface area contributed by atoms with Crippen molar-refractivity contribution in [2.75, 3.05) is 0 Å². The number of nitro benzene ring substituents is 1. The number of carbonyl (C=O) groups excluding carboxylic acids is 1. The second-order valence-electron chi connectivity index (χ2n) is 8.55. The third-order valence-corrected chi connectivity index (χ3v) is 7.48. The molecular formula is C26H21ClFN3O4S. The topological polar surface area (TPSA) is 88.9 Å². The largest absolute Gasteiger partial charge is 0.457 e. The highest BCUT2D eigenvalue weighted by atomic mass is 35.5. The Balaban J connectivity index is 1.47. The van der Waals surface area contributed by atoms with Crippen LogP contribution in [-0.2, 0) is 4.79 Å². The molecular weight excluding hydrogens is 505 g/mol. The molecule has 0 radical (unpaired) electrons. The highest BCUT2D eigenvalue weighted by Gasteiger charge is 2.39. The van der Waals surface area contributed by atoms with Crippen molar-refractivity contribution in [3.05, 3.63) is 86.2 Å². The maximum Gasteiger partial charge on any atom is 0.288 e. The van der Waals surface area contributed by atoms with E-state index in [9.17, 15) is 19.3 Å². The number of thioether (sulfide) groups is 1. The van der Waals surface area contributed by atoms with Crippen LogP contribution in [0.4, 0.5) is 15.8 Å². The number of hydrogen-bond donors (Lipinski definition) is 0. The minimum Gasteiger partial charge on any atom is -0.457 e. The number of carbonyl (C=O) groups is 1. The van der Waals surface area contributed by atoms with Crippen molar-refractivity contribution in [1.82, 2.24) is 4.90 Å². The molecule has 0 N–H and O–H groups in total. The van der Waals surface area contributed by atoms with Gasteiger partial charge >= 0.3 is 0 Å². The van der Waals surface area contributed by atoms with E-state index in [0.29, 0.717) is 27.2 Å². The number of amides is 1. The maximum absolute atomic E-state index is 14.3. The average molecular weight is 526 g/mol. The monoisotopic (exact) mass is 525 g/mol. The van der Waals surface area contributed by atoms with E-state index in [1.54, 1.807) is 47.4 Å². The number of nitrogens with zero attached hydrogens (tertiary/aromatic N) is 3. The summed E-state index contributed by atoms with van der Waals surface area (Å²) < 4.78 is 20.2. The van der Waals surface area contributed by atoms with Crippen molar-refractivity contribution >= 4 is 51.9 Å². The zero-order valence-electron chi connectivity index (χ0n) is 19.0. The highest BCUT2D eigenvalue weighted by molar-refractivity contribution is 8.18. The van der Waals surface area contributed by atoms with Crippen molar-refractivity contribution in [2.45, 2.75) is 38.1 Å². The molecule has 1 saturated carbocycles. The minimum atomic E-state index is -0.554. The summed E-state index contributed by atoms with van der Waals surface area (Å²) in [6.45, 7) is 0. The molecule has 1 amide bonds. The summed E-state index contributed by atoms with van der Waals surface area (Å²) in [6, 6.07) is 14.0. The number of amidine groups is 1. The van der Waals surface area contributed by atoms with Gasteiger partial charge < -0.3 is 4.42 Å². The van der Waals surface area contributed by atoms with Crippen LogP contribution in [-0.4, -0.2) is 26.9 Å². The molecule has 1 saturated heterocycles. The molecule has 2 heterocycles. The van der Waals surface area contributed by atoms with Gasteiger partial charge in [0.25, 0.3) is 11.6 Å². The van der Waals surface area contributed by atoms with Crippen molar-refractivity contribution in [3.8, 4) is 11.3 Å². The predicted octanol–water partition coefficient (Wildman–Crippen LogP) is 7.58. The summed E-state index contributed by atoms with van der Waals surface area (Å²) >= 11 is 7.10. The van der Waals surface area contributed by atoms with Crippen molar-refractivity contribution in [1.29, 1.82) is 0 Å². The lowest BCUT2D eigenvalue weighted by Gasteiger charge is -2.30. The van der Waals surface area contributed by atoms with Gasteiger partial charge in [0.15, 0.2) is 5.17 Å². The Labute approximate surface area is 215 Å². The van der Waals surface area contributed by atoms with E-state index < -0.39 is 10.7 Å². The number of nitro groups is 1. The first kappa shape index (κ1) is 24.3. The van der Waals surface area contributed by atoms with Crippen LogP contribution in [0.5, 0.6) is 0 Å². The second kappa shape index (κ2) is 10.3. The molecule has 2 fully saturated rings. The molecule has 7 nitrogen and oxygen atoms in total. The number of para-hydroxylation sites is 1. The average Bonchev–Trinajstić information content (AvgIpc) is 3.46. The molecule has 3 aromatic rings. The smallest absolute Gasteiger partial charge is 0.288 e. The van der Waals surface area contributed by atoms with Gasteiger partial charge in [-0.1, -0.05) is 43.0 Å². The molecule has 0 unspecified atom stereocenters. The number of aliphatic imine (C=N–C) groups is 1. The fourth-order valence-corrected chi connectivity index (χ4v) is 5.61. The van der Waals surface area contributed by atoms with Crippen LogP contribution in [0.15, 0.2) is 68.9 Å². The first-order valence-corrected chi connectivity index (χ1v) is 12.7. The van der Waals surface area contributed by atoms with Crippen LogP contribution in [0.2, 0.25) is 5.02 Å². The molecule has 2 aliphatic rings. The molecule has 0 spiro atoms. The van der Waals surface area contributed by atoms with Crippen LogP contribution >= 0.6 is 23.4 Å². The van der Waals surface area contributed by atoms with Gasteiger partial charge in [0, 0.05) is 23.7 Å². The molecule has 0 atom stereocenters. The third-order valence-electron chi connectivity index (χ3n) is 6.17. The molecule has 2 aromatic carbocycles. The predicted molar refractivity (Wildman–Crippen MR) is 139 cm³/mol. The van der Waals surface area contributed by atoms with Gasteiger partial charge in [-0.25, -0.2) is 9.38 Å².